The van der Waals surface area contributed by atoms with Crippen LogP contribution in [0.4, 0.5) is 5.69 Å². The molecule has 110 valence electrons. The van der Waals surface area contributed by atoms with Gasteiger partial charge in [0.1, 0.15) is 6.04 Å². The maximum Gasteiger partial charge on any atom is 0.262 e. The van der Waals surface area contributed by atoms with E-state index in [0.29, 0.717) is 5.69 Å². The number of imide groups is 1. The van der Waals surface area contributed by atoms with Gasteiger partial charge >= 0.3 is 0 Å². The van der Waals surface area contributed by atoms with E-state index in [1.54, 1.807) is 0 Å². The standard InChI is InChI=1S/C12H11N3O5S/c13-6-1-2-7-8(5-6)12(18)15(11(7)17)9-3-4-21(19,20)14-10(9)16/h1-2,5,9H,3-4,13H2,(H,14,16). The Labute approximate surface area is 120 Å². The molecule has 0 bridgehead atoms. The summed E-state index contributed by atoms with van der Waals surface area (Å²) >= 11 is 0. The Morgan fingerprint density at radius 3 is 2.48 bits per heavy atom. The van der Waals surface area contributed by atoms with E-state index in [-0.39, 0.29) is 23.3 Å². The lowest BCUT2D eigenvalue weighted by molar-refractivity contribution is -0.123. The van der Waals surface area contributed by atoms with Crippen LogP contribution in [-0.4, -0.2) is 42.8 Å². The Morgan fingerprint density at radius 1 is 1.14 bits per heavy atom. The number of carbonyl (C=O) groups is 3. The van der Waals surface area contributed by atoms with Crippen molar-refractivity contribution in [3.63, 3.8) is 0 Å². The Kier molecular flexibility index (Phi) is 2.77. The fourth-order valence-electron chi connectivity index (χ4n) is 2.48. The summed E-state index contributed by atoms with van der Waals surface area (Å²) in [6.07, 6.45) is -0.116. The fraction of sp³-hybridized carbons (Fsp3) is 0.250. The molecule has 0 radical (unpaired) electrons. The van der Waals surface area contributed by atoms with Crippen LogP contribution in [0.1, 0.15) is 27.1 Å². The number of sulfonamides is 1. The Hall–Kier alpha value is -2.42. The Balaban J connectivity index is 1.97. The fourth-order valence-corrected chi connectivity index (χ4v) is 3.55. The first-order chi connectivity index (χ1) is 9.80. The van der Waals surface area contributed by atoms with Crippen molar-refractivity contribution in [2.24, 2.45) is 0 Å². The minimum atomic E-state index is -3.67. The zero-order chi connectivity index (χ0) is 15.4. The minimum Gasteiger partial charge on any atom is -0.399 e. The largest absolute Gasteiger partial charge is 0.399 e. The third kappa shape index (κ3) is 2.05. The van der Waals surface area contributed by atoms with Gasteiger partial charge in [0.2, 0.25) is 10.0 Å². The van der Waals surface area contributed by atoms with E-state index in [4.69, 9.17) is 5.73 Å². The van der Waals surface area contributed by atoms with Gasteiger partial charge in [0, 0.05) is 5.69 Å². The molecule has 0 spiro atoms. The van der Waals surface area contributed by atoms with Gasteiger partial charge in [-0.2, -0.15) is 0 Å². The van der Waals surface area contributed by atoms with E-state index in [1.807, 2.05) is 4.72 Å². The molecule has 3 N–H and O–H groups in total. The molecule has 1 atom stereocenters. The zero-order valence-corrected chi connectivity index (χ0v) is 11.5. The summed E-state index contributed by atoms with van der Waals surface area (Å²) in [6.45, 7) is 0. The molecule has 0 aliphatic carbocycles. The monoisotopic (exact) mass is 309 g/mol. The molecule has 1 aromatic rings. The van der Waals surface area contributed by atoms with Gasteiger partial charge in [-0.15, -0.1) is 0 Å². The van der Waals surface area contributed by atoms with Crippen molar-refractivity contribution in [1.82, 2.24) is 9.62 Å². The van der Waals surface area contributed by atoms with Crippen molar-refractivity contribution in [2.45, 2.75) is 12.5 Å². The molecule has 1 fully saturated rings. The first kappa shape index (κ1) is 13.6. The molecule has 3 rings (SSSR count). The number of nitrogens with one attached hydrogen (secondary N) is 1. The van der Waals surface area contributed by atoms with Crippen LogP contribution in [0.5, 0.6) is 0 Å². The summed E-state index contributed by atoms with van der Waals surface area (Å²) < 4.78 is 24.4. The molecule has 2 aliphatic rings. The number of rotatable bonds is 1. The SMILES string of the molecule is Nc1ccc2c(c1)C(=O)N(C1CCS(=O)(=O)NC1=O)C2=O. The first-order valence-corrected chi connectivity index (χ1v) is 7.77. The zero-order valence-electron chi connectivity index (χ0n) is 10.7. The molecule has 2 aliphatic heterocycles. The van der Waals surface area contributed by atoms with Crippen molar-refractivity contribution in [3.8, 4) is 0 Å². The lowest BCUT2D eigenvalue weighted by atomic mass is 10.1. The summed E-state index contributed by atoms with van der Waals surface area (Å²) in [4.78, 5) is 37.2. The molecule has 9 heteroatoms. The van der Waals surface area contributed by atoms with E-state index < -0.39 is 33.8 Å². The van der Waals surface area contributed by atoms with Gasteiger partial charge in [-0.1, -0.05) is 0 Å². The lowest BCUT2D eigenvalue weighted by Crippen LogP contribution is -2.55. The van der Waals surface area contributed by atoms with E-state index in [9.17, 15) is 22.8 Å². The maximum absolute atomic E-state index is 12.3. The Morgan fingerprint density at radius 2 is 1.81 bits per heavy atom. The number of amides is 3. The average molecular weight is 309 g/mol. The predicted molar refractivity (Wildman–Crippen MR) is 71.7 cm³/mol. The number of benzene rings is 1. The molecule has 1 saturated heterocycles. The summed E-state index contributed by atoms with van der Waals surface area (Å²) in [6, 6.07) is 3.15. The number of hydrogen-bond donors (Lipinski definition) is 2. The van der Waals surface area contributed by atoms with Crippen LogP contribution in [0, 0.1) is 0 Å². The van der Waals surface area contributed by atoms with Crippen LogP contribution in [0.3, 0.4) is 0 Å². The highest BCUT2D eigenvalue weighted by Crippen LogP contribution is 2.28. The number of nitrogens with zero attached hydrogens (tertiary/aromatic N) is 1. The highest BCUT2D eigenvalue weighted by Gasteiger charge is 2.45. The molecule has 1 aromatic carbocycles. The summed E-state index contributed by atoms with van der Waals surface area (Å²) in [7, 11) is -3.67. The number of hydrogen-bond acceptors (Lipinski definition) is 6. The van der Waals surface area contributed by atoms with Crippen LogP contribution in [0.25, 0.3) is 0 Å². The summed E-state index contributed by atoms with van der Waals surface area (Å²) in [5.41, 5.74) is 6.20. The normalized spacial score (nSPS) is 23.9. The van der Waals surface area contributed by atoms with Crippen molar-refractivity contribution in [1.29, 1.82) is 0 Å². The molecule has 2 heterocycles. The van der Waals surface area contributed by atoms with Gasteiger partial charge in [0.25, 0.3) is 17.7 Å². The predicted octanol–water partition coefficient (Wildman–Crippen LogP) is -0.917. The second-order valence-corrected chi connectivity index (χ2v) is 6.72. The van der Waals surface area contributed by atoms with E-state index in [1.165, 1.54) is 18.2 Å². The lowest BCUT2D eigenvalue weighted by Gasteiger charge is -2.28. The van der Waals surface area contributed by atoms with Crippen molar-refractivity contribution in [3.05, 3.63) is 29.3 Å². The third-order valence-corrected chi connectivity index (χ3v) is 4.76. The molecule has 3 amide bonds. The molecule has 0 saturated carbocycles. The second-order valence-electron chi connectivity index (χ2n) is 4.87. The van der Waals surface area contributed by atoms with E-state index in [2.05, 4.69) is 0 Å². The average Bonchev–Trinajstić information content (AvgIpc) is 2.62. The van der Waals surface area contributed by atoms with E-state index >= 15 is 0 Å². The summed E-state index contributed by atoms with van der Waals surface area (Å²) in [5, 5.41) is 0. The van der Waals surface area contributed by atoms with Crippen LogP contribution in [0.2, 0.25) is 0 Å². The van der Waals surface area contributed by atoms with Crippen LogP contribution >= 0.6 is 0 Å². The maximum atomic E-state index is 12.3. The van der Waals surface area contributed by atoms with E-state index in [0.717, 1.165) is 4.90 Å². The number of carbonyl (C=O) groups excluding carboxylic acids is 3. The van der Waals surface area contributed by atoms with Gasteiger partial charge < -0.3 is 5.73 Å². The van der Waals surface area contributed by atoms with Crippen molar-refractivity contribution < 1.29 is 22.8 Å². The first-order valence-electron chi connectivity index (χ1n) is 6.12. The van der Waals surface area contributed by atoms with Gasteiger partial charge in [-0.3, -0.25) is 24.0 Å². The smallest absolute Gasteiger partial charge is 0.262 e. The van der Waals surface area contributed by atoms with Crippen molar-refractivity contribution >= 4 is 33.4 Å². The van der Waals surface area contributed by atoms with Crippen LogP contribution in [0.15, 0.2) is 18.2 Å². The quantitative estimate of drug-likeness (QED) is 0.510. The highest BCUT2D eigenvalue weighted by atomic mass is 32.2. The molecule has 1 unspecified atom stereocenters. The Bertz CT molecular complexity index is 786. The highest BCUT2D eigenvalue weighted by molar-refractivity contribution is 7.90. The number of fused-ring (bicyclic) bond motifs is 1. The van der Waals surface area contributed by atoms with Gasteiger partial charge in [0.15, 0.2) is 0 Å². The van der Waals surface area contributed by atoms with Gasteiger partial charge in [-0.25, -0.2) is 8.42 Å². The number of nitrogen functional groups attached to an aromatic ring is 1. The third-order valence-electron chi connectivity index (χ3n) is 3.47. The molecular formula is C12H11N3O5S. The topological polar surface area (TPSA) is 127 Å². The molecule has 21 heavy (non-hydrogen) atoms. The molecule has 8 nitrogen and oxygen atoms in total. The number of anilines is 1. The van der Waals surface area contributed by atoms with Gasteiger partial charge in [0.05, 0.1) is 16.9 Å². The molecular weight excluding hydrogens is 298 g/mol. The molecule has 0 aromatic heterocycles. The number of nitrogens with two attached hydrogens (primary N) is 1. The minimum absolute atomic E-state index is 0.116. The van der Waals surface area contributed by atoms with Crippen LogP contribution < -0.4 is 10.5 Å². The summed E-state index contributed by atoms with van der Waals surface area (Å²) in [5.74, 6) is -2.45. The second kappa shape index (κ2) is 4.29. The van der Waals surface area contributed by atoms with Gasteiger partial charge in [-0.05, 0) is 24.6 Å². The van der Waals surface area contributed by atoms with Crippen molar-refractivity contribution in [2.75, 3.05) is 11.5 Å². The van der Waals surface area contributed by atoms with Crippen LogP contribution in [-0.2, 0) is 14.8 Å².